The Morgan fingerprint density at radius 2 is 2.43 bits per heavy atom. The molecule has 1 aromatic heterocycles. The number of rotatable bonds is 1. The lowest BCUT2D eigenvalue weighted by atomic mass is 10.1. The van der Waals surface area contributed by atoms with E-state index in [2.05, 4.69) is 15.0 Å². The maximum atomic E-state index is 11.4. The average molecular weight is 192 g/mol. The predicted molar refractivity (Wildman–Crippen MR) is 47.6 cm³/mol. The van der Waals surface area contributed by atoms with Crippen LogP contribution in [0.5, 0.6) is 0 Å². The van der Waals surface area contributed by atoms with E-state index in [1.807, 2.05) is 0 Å². The molecule has 5 nitrogen and oxygen atoms in total. The summed E-state index contributed by atoms with van der Waals surface area (Å²) in [6, 6.07) is 3.39. The van der Waals surface area contributed by atoms with Crippen molar-refractivity contribution in [1.82, 2.24) is 4.98 Å². The molecule has 1 aromatic rings. The lowest BCUT2D eigenvalue weighted by Crippen LogP contribution is -2.22. The van der Waals surface area contributed by atoms with Crippen LogP contribution in [0.15, 0.2) is 18.3 Å². The maximum Gasteiger partial charge on any atom is 0.324 e. The Kier molecular flexibility index (Phi) is 1.92. The molecule has 1 aliphatic heterocycles. The molecular formula is C9H8N2O3. The van der Waals surface area contributed by atoms with Crippen molar-refractivity contribution < 1.29 is 14.3 Å². The molecule has 2 rings (SSSR count). The van der Waals surface area contributed by atoms with Crippen molar-refractivity contribution in [3.63, 3.8) is 0 Å². The van der Waals surface area contributed by atoms with Gasteiger partial charge in [-0.3, -0.25) is 14.6 Å². The Morgan fingerprint density at radius 3 is 3.14 bits per heavy atom. The monoisotopic (exact) mass is 192 g/mol. The van der Waals surface area contributed by atoms with Gasteiger partial charge in [0, 0.05) is 6.20 Å². The van der Waals surface area contributed by atoms with Gasteiger partial charge in [0.25, 0.3) is 0 Å². The summed E-state index contributed by atoms with van der Waals surface area (Å²) in [5, 5.41) is 2.56. The van der Waals surface area contributed by atoms with Crippen molar-refractivity contribution in [1.29, 1.82) is 0 Å². The van der Waals surface area contributed by atoms with Gasteiger partial charge in [-0.15, -0.1) is 0 Å². The van der Waals surface area contributed by atoms with E-state index < -0.39 is 11.9 Å². The van der Waals surface area contributed by atoms with Crippen LogP contribution in [-0.4, -0.2) is 24.0 Å². The Morgan fingerprint density at radius 1 is 1.64 bits per heavy atom. The topological polar surface area (TPSA) is 68.3 Å². The van der Waals surface area contributed by atoms with Gasteiger partial charge in [-0.05, 0) is 12.1 Å². The van der Waals surface area contributed by atoms with Gasteiger partial charge < -0.3 is 10.1 Å². The second-order valence-electron chi connectivity index (χ2n) is 2.88. The molecule has 0 saturated heterocycles. The van der Waals surface area contributed by atoms with Crippen LogP contribution in [0.3, 0.4) is 0 Å². The molecule has 0 saturated carbocycles. The molecule has 2 heterocycles. The molecule has 0 aliphatic carbocycles. The third-order valence-electron chi connectivity index (χ3n) is 2.07. The van der Waals surface area contributed by atoms with Crippen LogP contribution in [0, 0.1) is 0 Å². The third kappa shape index (κ3) is 1.14. The number of hydrogen-bond acceptors (Lipinski definition) is 4. The molecule has 5 heteroatoms. The molecule has 0 spiro atoms. The van der Waals surface area contributed by atoms with Crippen LogP contribution in [0.1, 0.15) is 11.6 Å². The van der Waals surface area contributed by atoms with E-state index in [0.29, 0.717) is 11.4 Å². The van der Waals surface area contributed by atoms with E-state index >= 15 is 0 Å². The number of amides is 1. The molecule has 0 fully saturated rings. The van der Waals surface area contributed by atoms with Crippen LogP contribution < -0.4 is 5.32 Å². The van der Waals surface area contributed by atoms with Crippen LogP contribution in [0.25, 0.3) is 0 Å². The SMILES string of the molecule is COC(=O)C1C(=O)Nc2cccnc21. The summed E-state index contributed by atoms with van der Waals surface area (Å²) in [5.41, 5.74) is 1.01. The van der Waals surface area contributed by atoms with E-state index in [4.69, 9.17) is 0 Å². The summed E-state index contributed by atoms with van der Waals surface area (Å²) in [7, 11) is 1.25. The average Bonchev–Trinajstić information content (AvgIpc) is 2.53. The van der Waals surface area contributed by atoms with Crippen molar-refractivity contribution in [2.75, 3.05) is 12.4 Å². The number of anilines is 1. The lowest BCUT2D eigenvalue weighted by molar-refractivity contribution is -0.144. The highest BCUT2D eigenvalue weighted by atomic mass is 16.5. The fourth-order valence-corrected chi connectivity index (χ4v) is 1.42. The van der Waals surface area contributed by atoms with Crippen molar-refractivity contribution in [3.05, 3.63) is 24.0 Å². The molecule has 72 valence electrons. The van der Waals surface area contributed by atoms with Crippen molar-refractivity contribution in [2.24, 2.45) is 0 Å². The van der Waals surface area contributed by atoms with E-state index in [1.54, 1.807) is 12.1 Å². The number of esters is 1. The molecule has 0 aromatic carbocycles. The van der Waals surface area contributed by atoms with Crippen LogP contribution >= 0.6 is 0 Å². The van der Waals surface area contributed by atoms with Gasteiger partial charge in [0.05, 0.1) is 18.5 Å². The predicted octanol–water partition coefficient (Wildman–Crippen LogP) is 0.290. The minimum absolute atomic E-state index is 0.384. The number of ether oxygens (including phenoxy) is 1. The number of nitrogens with one attached hydrogen (secondary N) is 1. The zero-order valence-corrected chi connectivity index (χ0v) is 7.48. The highest BCUT2D eigenvalue weighted by molar-refractivity contribution is 6.14. The zero-order chi connectivity index (χ0) is 10.1. The van der Waals surface area contributed by atoms with Gasteiger partial charge in [-0.2, -0.15) is 0 Å². The van der Waals surface area contributed by atoms with Gasteiger partial charge in [-0.25, -0.2) is 0 Å². The van der Waals surface area contributed by atoms with E-state index in [9.17, 15) is 9.59 Å². The smallest absolute Gasteiger partial charge is 0.324 e. The molecule has 0 radical (unpaired) electrons. The molecule has 1 unspecified atom stereocenters. The normalized spacial score (nSPS) is 18.6. The summed E-state index contributed by atoms with van der Waals surface area (Å²) in [6.45, 7) is 0. The summed E-state index contributed by atoms with van der Waals surface area (Å²) in [6.07, 6.45) is 1.54. The lowest BCUT2D eigenvalue weighted by Gasteiger charge is -2.03. The molecular weight excluding hydrogens is 184 g/mol. The summed E-state index contributed by atoms with van der Waals surface area (Å²) in [4.78, 5) is 26.6. The number of methoxy groups -OCH3 is 1. The van der Waals surface area contributed by atoms with Crippen molar-refractivity contribution in [3.8, 4) is 0 Å². The zero-order valence-electron chi connectivity index (χ0n) is 7.48. The van der Waals surface area contributed by atoms with Gasteiger partial charge in [0.2, 0.25) is 5.91 Å². The fraction of sp³-hybridized carbons (Fsp3) is 0.222. The Hall–Kier alpha value is -1.91. The Balaban J connectivity index is 2.44. The summed E-state index contributed by atoms with van der Waals surface area (Å²) >= 11 is 0. The minimum Gasteiger partial charge on any atom is -0.468 e. The first-order valence-electron chi connectivity index (χ1n) is 4.07. The quantitative estimate of drug-likeness (QED) is 0.513. The van der Waals surface area contributed by atoms with E-state index in [0.717, 1.165) is 0 Å². The van der Waals surface area contributed by atoms with Gasteiger partial charge >= 0.3 is 5.97 Å². The second-order valence-corrected chi connectivity index (χ2v) is 2.88. The molecule has 0 bridgehead atoms. The first-order valence-corrected chi connectivity index (χ1v) is 4.07. The molecule has 1 aliphatic rings. The standard InChI is InChI=1S/C9H8N2O3/c1-14-9(13)6-7-5(11-8(6)12)3-2-4-10-7/h2-4,6H,1H3,(H,11,12). The molecule has 1 amide bonds. The first kappa shape index (κ1) is 8.68. The van der Waals surface area contributed by atoms with Crippen LogP contribution in [-0.2, 0) is 14.3 Å². The first-order chi connectivity index (χ1) is 6.74. The van der Waals surface area contributed by atoms with Gasteiger partial charge in [-0.1, -0.05) is 0 Å². The van der Waals surface area contributed by atoms with E-state index in [1.165, 1.54) is 13.3 Å². The molecule has 1 N–H and O–H groups in total. The van der Waals surface area contributed by atoms with Crippen LogP contribution in [0.4, 0.5) is 5.69 Å². The largest absolute Gasteiger partial charge is 0.468 e. The number of fused-ring (bicyclic) bond motifs is 1. The number of pyridine rings is 1. The summed E-state index contributed by atoms with van der Waals surface area (Å²) < 4.78 is 4.52. The number of aromatic nitrogens is 1. The van der Waals surface area contributed by atoms with Gasteiger partial charge in [0.15, 0.2) is 5.92 Å². The molecule has 1 atom stereocenters. The summed E-state index contributed by atoms with van der Waals surface area (Å²) in [5.74, 6) is -1.89. The highest BCUT2D eigenvalue weighted by Gasteiger charge is 2.38. The maximum absolute atomic E-state index is 11.4. The Bertz CT molecular complexity index is 395. The number of carbonyl (C=O) groups excluding carboxylic acids is 2. The molecule has 14 heavy (non-hydrogen) atoms. The Labute approximate surface area is 80.1 Å². The van der Waals surface area contributed by atoms with Crippen molar-refractivity contribution in [2.45, 2.75) is 5.92 Å². The van der Waals surface area contributed by atoms with Crippen LogP contribution in [0.2, 0.25) is 0 Å². The fourth-order valence-electron chi connectivity index (χ4n) is 1.42. The second kappa shape index (κ2) is 3.10. The number of hydrogen-bond donors (Lipinski definition) is 1. The number of nitrogens with zero attached hydrogens (tertiary/aromatic N) is 1. The third-order valence-corrected chi connectivity index (χ3v) is 2.07. The minimum atomic E-state index is -0.920. The highest BCUT2D eigenvalue weighted by Crippen LogP contribution is 2.30. The van der Waals surface area contributed by atoms with Crippen molar-refractivity contribution >= 4 is 17.6 Å². The van der Waals surface area contributed by atoms with Gasteiger partial charge in [0.1, 0.15) is 0 Å². The number of carbonyl (C=O) groups is 2. The van der Waals surface area contributed by atoms with E-state index in [-0.39, 0.29) is 5.91 Å².